The molecule has 2 heterocycles. The zero-order valence-electron chi connectivity index (χ0n) is 19.5. The van der Waals surface area contributed by atoms with Gasteiger partial charge in [0, 0.05) is 42.4 Å². The van der Waals surface area contributed by atoms with Gasteiger partial charge in [0.05, 0.1) is 9.35 Å². The van der Waals surface area contributed by atoms with Crippen LogP contribution in [-0.2, 0) is 4.79 Å². The predicted molar refractivity (Wildman–Crippen MR) is 175 cm³/mol. The summed E-state index contributed by atoms with van der Waals surface area (Å²) < 4.78 is 4.16. The molecule has 0 aliphatic heterocycles. The summed E-state index contributed by atoms with van der Waals surface area (Å²) in [5.74, 6) is 0.258. The number of Topliss-reactive ketones (excluding diaryl/α,β-unsaturated/α-hetero) is 1. The lowest BCUT2D eigenvalue weighted by molar-refractivity contribution is -0.111. The minimum absolute atomic E-state index is 0.203. The van der Waals surface area contributed by atoms with E-state index < -0.39 is 11.4 Å². The standard InChI is InChI=1S/C11H14Br2OS.C7H13ClO.C4H2Br2S.Al.3ClH/c1-2-3-4-5-6-9(14)11-10(13)8(12)7-15-11;1-2-3-4-5-6-7(8)9;5-3-1-7-2-4(3)6;;;;/h7H,2-6H2,1H3;2-6H2,1H3;1-2H;;3*1H/q;;;+3;;;/p-3. The highest BCUT2D eigenvalue weighted by Gasteiger charge is 2.14. The van der Waals surface area contributed by atoms with Crippen molar-refractivity contribution in [2.45, 2.75) is 78.1 Å². The van der Waals surface area contributed by atoms with E-state index in [9.17, 15) is 9.59 Å². The van der Waals surface area contributed by atoms with Gasteiger partial charge in [-0.15, -0.1) is 11.3 Å². The molecule has 0 radical (unpaired) electrons. The van der Waals surface area contributed by atoms with Crippen molar-refractivity contribution >= 4 is 151 Å². The zero-order chi connectivity index (χ0) is 27.2. The van der Waals surface area contributed by atoms with Crippen LogP contribution in [-0.4, -0.2) is 22.4 Å². The monoisotopic (exact) mass is 872 g/mol. The molecule has 0 bridgehead atoms. The normalized spacial score (nSPS) is 9.66. The fourth-order valence-corrected chi connectivity index (χ4v) is 6.33. The molecule has 35 heavy (non-hydrogen) atoms. The Morgan fingerprint density at radius 3 is 1.54 bits per heavy atom. The molecular weight excluding hydrogens is 849 g/mol. The molecule has 0 amide bonds. The van der Waals surface area contributed by atoms with E-state index >= 15 is 0 Å². The molecule has 0 saturated carbocycles. The van der Waals surface area contributed by atoms with E-state index in [0.717, 1.165) is 48.5 Å². The third-order valence-corrected chi connectivity index (χ3v) is 10.9. The van der Waals surface area contributed by atoms with E-state index in [2.05, 4.69) is 77.6 Å². The fourth-order valence-electron chi connectivity index (χ4n) is 2.29. The van der Waals surface area contributed by atoms with Crippen molar-refractivity contribution in [3.05, 3.63) is 38.9 Å². The lowest BCUT2D eigenvalue weighted by Gasteiger charge is -1.99. The molecule has 0 N–H and O–H groups in total. The van der Waals surface area contributed by atoms with Crippen molar-refractivity contribution in [3.8, 4) is 0 Å². The van der Waals surface area contributed by atoms with Gasteiger partial charge >= 0.3 is 11.4 Å². The summed E-state index contributed by atoms with van der Waals surface area (Å²) in [5.41, 5.74) is 0. The molecule has 2 rings (SSSR count). The van der Waals surface area contributed by atoms with Crippen LogP contribution in [0.25, 0.3) is 0 Å². The topological polar surface area (TPSA) is 34.1 Å². The van der Waals surface area contributed by atoms with Crippen molar-refractivity contribution in [2.75, 3.05) is 0 Å². The van der Waals surface area contributed by atoms with Crippen LogP contribution in [0.4, 0.5) is 0 Å². The highest BCUT2D eigenvalue weighted by molar-refractivity contribution is 9.13. The van der Waals surface area contributed by atoms with Crippen LogP contribution in [0.2, 0.25) is 0 Å². The molecule has 0 aromatic carbocycles. The van der Waals surface area contributed by atoms with Crippen LogP contribution in [0, 0.1) is 0 Å². The maximum absolute atomic E-state index is 11.8. The first kappa shape index (κ1) is 39.5. The highest BCUT2D eigenvalue weighted by atomic mass is 79.9. The van der Waals surface area contributed by atoms with E-state index in [1.807, 2.05) is 16.1 Å². The smallest absolute Gasteiger partial charge is 0.293 e. The minimum atomic E-state index is -1.72. The molecule has 2 aromatic rings. The Kier molecular flexibility index (Phi) is 30.0. The second kappa shape index (κ2) is 26.6. The Bertz CT molecular complexity index is 804. The zero-order valence-corrected chi connectivity index (χ0v) is 31.7. The average Bonchev–Trinajstić information content (AvgIpc) is 3.33. The molecule has 0 aliphatic carbocycles. The van der Waals surface area contributed by atoms with Gasteiger partial charge in [-0.1, -0.05) is 52.4 Å². The second-order valence-corrected chi connectivity index (χ2v) is 18.8. The number of unbranched alkanes of at least 4 members (excludes halogenated alkanes) is 6. The van der Waals surface area contributed by atoms with Crippen LogP contribution in [0.15, 0.2) is 34.0 Å². The Morgan fingerprint density at radius 2 is 1.23 bits per heavy atom. The number of ketones is 1. The van der Waals surface area contributed by atoms with Gasteiger partial charge < -0.3 is 0 Å². The van der Waals surface area contributed by atoms with Crippen molar-refractivity contribution in [1.82, 2.24) is 0 Å². The number of carbonyl (C=O) groups is 2. The maximum atomic E-state index is 11.8. The molecule has 0 unspecified atom stereocenters. The van der Waals surface area contributed by atoms with Gasteiger partial charge in [-0.05, 0) is 88.2 Å². The number of hydrogen-bond donors (Lipinski definition) is 0. The summed E-state index contributed by atoms with van der Waals surface area (Å²) in [7, 11) is 14.8. The summed E-state index contributed by atoms with van der Waals surface area (Å²) in [5, 5.41) is 5.81. The Morgan fingerprint density at radius 1 is 0.771 bits per heavy atom. The number of hydrogen-bond acceptors (Lipinski definition) is 4. The Labute approximate surface area is 273 Å². The van der Waals surface area contributed by atoms with Gasteiger partial charge in [-0.3, -0.25) is 9.59 Å². The number of halogens is 8. The highest BCUT2D eigenvalue weighted by Crippen LogP contribution is 2.33. The summed E-state index contributed by atoms with van der Waals surface area (Å²) >= 11 is 20.0. The number of rotatable bonds is 11. The van der Waals surface area contributed by atoms with Crippen molar-refractivity contribution in [2.24, 2.45) is 0 Å². The minimum Gasteiger partial charge on any atom is -0.293 e. The summed E-state index contributed by atoms with van der Waals surface area (Å²) in [6.45, 7) is 4.32. The molecule has 0 fully saturated rings. The molecular formula is C22H29AlBr4Cl4O2S2. The van der Waals surface area contributed by atoms with Crippen molar-refractivity contribution < 1.29 is 9.59 Å². The van der Waals surface area contributed by atoms with E-state index in [0.29, 0.717) is 12.8 Å². The van der Waals surface area contributed by atoms with Gasteiger partial charge in [-0.25, -0.2) is 30.1 Å². The molecule has 0 aliphatic rings. The molecule has 0 saturated heterocycles. The fraction of sp³-hybridized carbons (Fsp3) is 0.545. The molecule has 200 valence electrons. The lowest BCUT2D eigenvalue weighted by Crippen LogP contribution is -1.96. The summed E-state index contributed by atoms with van der Waals surface area (Å²) in [6, 6.07) is 0. The predicted octanol–water partition coefficient (Wildman–Crippen LogP) is 13.1. The first-order chi connectivity index (χ1) is 16.5. The van der Waals surface area contributed by atoms with E-state index in [-0.39, 0.29) is 11.0 Å². The number of thiophene rings is 2. The average molecular weight is 878 g/mol. The molecule has 2 aromatic heterocycles. The van der Waals surface area contributed by atoms with Crippen LogP contribution in [0.5, 0.6) is 0 Å². The molecule has 13 heteroatoms. The van der Waals surface area contributed by atoms with Crippen molar-refractivity contribution in [1.29, 1.82) is 0 Å². The van der Waals surface area contributed by atoms with Crippen molar-refractivity contribution in [3.63, 3.8) is 0 Å². The molecule has 0 atom stereocenters. The van der Waals surface area contributed by atoms with Gasteiger partial charge in [0.2, 0.25) is 5.24 Å². The Hall–Kier alpha value is 2.35. The second-order valence-electron chi connectivity index (χ2n) is 6.94. The van der Waals surface area contributed by atoms with Gasteiger partial charge in [0.25, 0.3) is 0 Å². The summed E-state index contributed by atoms with van der Waals surface area (Å²) in [4.78, 5) is 22.8. The van der Waals surface area contributed by atoms with Gasteiger partial charge in [0.1, 0.15) is 0 Å². The van der Waals surface area contributed by atoms with E-state index in [4.69, 9.17) is 41.7 Å². The maximum Gasteiger partial charge on any atom is 0.643 e. The van der Waals surface area contributed by atoms with Gasteiger partial charge in [-0.2, -0.15) is 11.3 Å². The Balaban J connectivity index is 0. The quantitative estimate of drug-likeness (QED) is 0.0975. The van der Waals surface area contributed by atoms with Crippen LogP contribution >= 0.6 is 128 Å². The van der Waals surface area contributed by atoms with Crippen LogP contribution < -0.4 is 0 Å². The lowest BCUT2D eigenvalue weighted by atomic mass is 10.1. The third-order valence-electron chi connectivity index (χ3n) is 4.00. The SMILES string of the molecule is Brc1cscc1Br.CCCCCCC(=O)Cl.CCCCCCC(=O)c1scc(Br)c1Br.[Cl][Al]([Cl])[Cl]. The van der Waals surface area contributed by atoms with E-state index in [1.165, 1.54) is 37.0 Å². The first-order valence-corrected chi connectivity index (χ1v) is 21.5. The van der Waals surface area contributed by atoms with Gasteiger partial charge in [0.15, 0.2) is 5.78 Å². The number of carbonyl (C=O) groups excluding carboxylic acids is 2. The summed E-state index contributed by atoms with van der Waals surface area (Å²) in [6.07, 6.45) is 10.3. The van der Waals surface area contributed by atoms with Crippen LogP contribution in [0.1, 0.15) is 87.7 Å². The third kappa shape index (κ3) is 25.1. The van der Waals surface area contributed by atoms with E-state index in [1.54, 1.807) is 11.3 Å². The largest absolute Gasteiger partial charge is 0.643 e. The first-order valence-electron chi connectivity index (χ1n) is 10.9. The molecule has 0 spiro atoms. The van der Waals surface area contributed by atoms with Crippen LogP contribution in [0.3, 0.4) is 0 Å². The molecule has 2 nitrogen and oxygen atoms in total.